The standard InChI is InChI=1S/C17H23N5O2/c1-21-12-14(10-20-21)4-2-8-19-17(23)22-9-6-16(13-22)24-15-5-3-7-18-11-15/h3,5,7,10-12,16H,2,4,6,8-9,13H2,1H3,(H,19,23)/t16-/m1/s1. The van der Waals surface area contributed by atoms with Crippen LogP contribution < -0.4 is 10.1 Å². The van der Waals surface area contributed by atoms with Gasteiger partial charge in [-0.05, 0) is 30.5 Å². The van der Waals surface area contributed by atoms with Crippen molar-refractivity contribution in [1.82, 2.24) is 25.0 Å². The summed E-state index contributed by atoms with van der Waals surface area (Å²) in [5.74, 6) is 0.751. The van der Waals surface area contributed by atoms with Crippen molar-refractivity contribution in [2.75, 3.05) is 19.6 Å². The Morgan fingerprint density at radius 3 is 3.12 bits per heavy atom. The van der Waals surface area contributed by atoms with E-state index >= 15 is 0 Å². The first-order chi connectivity index (χ1) is 11.7. The summed E-state index contributed by atoms with van der Waals surface area (Å²) in [6, 6.07) is 3.71. The monoisotopic (exact) mass is 329 g/mol. The van der Waals surface area contributed by atoms with Crippen LogP contribution in [0, 0.1) is 0 Å². The van der Waals surface area contributed by atoms with Gasteiger partial charge in [-0.1, -0.05) is 0 Å². The number of nitrogens with one attached hydrogen (secondary N) is 1. The summed E-state index contributed by atoms with van der Waals surface area (Å²) >= 11 is 0. The lowest BCUT2D eigenvalue weighted by Crippen LogP contribution is -2.39. The van der Waals surface area contributed by atoms with E-state index in [1.54, 1.807) is 17.1 Å². The molecule has 7 nitrogen and oxygen atoms in total. The lowest BCUT2D eigenvalue weighted by atomic mass is 10.2. The van der Waals surface area contributed by atoms with Crippen LogP contribution in [0.4, 0.5) is 4.79 Å². The minimum Gasteiger partial charge on any atom is -0.487 e. The number of carbonyl (C=O) groups is 1. The maximum atomic E-state index is 12.2. The maximum Gasteiger partial charge on any atom is 0.317 e. The summed E-state index contributed by atoms with van der Waals surface area (Å²) < 4.78 is 7.64. The molecule has 0 bridgehead atoms. The second kappa shape index (κ2) is 7.81. The molecular weight excluding hydrogens is 306 g/mol. The summed E-state index contributed by atoms with van der Waals surface area (Å²) in [4.78, 5) is 18.0. The molecule has 3 heterocycles. The predicted molar refractivity (Wildman–Crippen MR) is 89.8 cm³/mol. The van der Waals surface area contributed by atoms with Gasteiger partial charge in [0.15, 0.2) is 0 Å². The smallest absolute Gasteiger partial charge is 0.317 e. The van der Waals surface area contributed by atoms with Gasteiger partial charge in [0, 0.05) is 39.0 Å². The van der Waals surface area contributed by atoms with E-state index in [1.807, 2.05) is 36.5 Å². The quantitative estimate of drug-likeness (QED) is 0.817. The van der Waals surface area contributed by atoms with Crippen LogP contribution in [0.3, 0.4) is 0 Å². The first-order valence-electron chi connectivity index (χ1n) is 8.27. The number of rotatable bonds is 6. The molecule has 0 aliphatic carbocycles. The highest BCUT2D eigenvalue weighted by Gasteiger charge is 2.27. The molecule has 0 saturated carbocycles. The number of aryl methyl sites for hydroxylation is 2. The highest BCUT2D eigenvalue weighted by atomic mass is 16.5. The van der Waals surface area contributed by atoms with Gasteiger partial charge in [-0.3, -0.25) is 9.67 Å². The molecule has 2 amide bonds. The summed E-state index contributed by atoms with van der Waals surface area (Å²) in [5, 5.41) is 7.12. The molecule has 128 valence electrons. The molecule has 1 atom stereocenters. The second-order valence-corrected chi connectivity index (χ2v) is 6.02. The third kappa shape index (κ3) is 4.47. The van der Waals surface area contributed by atoms with E-state index in [2.05, 4.69) is 15.4 Å². The molecule has 0 unspecified atom stereocenters. The molecule has 7 heteroatoms. The molecule has 1 saturated heterocycles. The van der Waals surface area contributed by atoms with E-state index in [0.717, 1.165) is 31.6 Å². The number of hydrogen-bond acceptors (Lipinski definition) is 4. The Kier molecular flexibility index (Phi) is 5.30. The zero-order chi connectivity index (χ0) is 16.8. The van der Waals surface area contributed by atoms with E-state index in [9.17, 15) is 4.79 Å². The van der Waals surface area contributed by atoms with Crippen molar-refractivity contribution < 1.29 is 9.53 Å². The third-order valence-electron chi connectivity index (χ3n) is 4.05. The molecule has 0 spiro atoms. The van der Waals surface area contributed by atoms with E-state index in [-0.39, 0.29) is 12.1 Å². The zero-order valence-electron chi connectivity index (χ0n) is 13.9. The van der Waals surface area contributed by atoms with Gasteiger partial charge in [0.25, 0.3) is 0 Å². The van der Waals surface area contributed by atoms with E-state index < -0.39 is 0 Å². The SMILES string of the molecule is Cn1cc(CCCNC(=O)N2CC[C@@H](Oc3cccnc3)C2)cn1. The fourth-order valence-electron chi connectivity index (χ4n) is 2.82. The molecule has 1 fully saturated rings. The van der Waals surface area contributed by atoms with Gasteiger partial charge in [0.2, 0.25) is 0 Å². The van der Waals surface area contributed by atoms with Gasteiger partial charge < -0.3 is 15.0 Å². The largest absolute Gasteiger partial charge is 0.487 e. The van der Waals surface area contributed by atoms with Crippen LogP contribution in [-0.4, -0.2) is 51.4 Å². The van der Waals surface area contributed by atoms with Crippen LogP contribution in [0.15, 0.2) is 36.9 Å². The Hall–Kier alpha value is -2.57. The number of urea groups is 1. The average Bonchev–Trinajstić information content (AvgIpc) is 3.21. The minimum absolute atomic E-state index is 0.0153. The van der Waals surface area contributed by atoms with Crippen LogP contribution in [0.25, 0.3) is 0 Å². The van der Waals surface area contributed by atoms with Crippen LogP contribution >= 0.6 is 0 Å². The van der Waals surface area contributed by atoms with Gasteiger partial charge in [0.05, 0.1) is 18.9 Å². The van der Waals surface area contributed by atoms with Crippen molar-refractivity contribution in [2.45, 2.75) is 25.4 Å². The first kappa shape index (κ1) is 16.3. The number of likely N-dealkylation sites (tertiary alicyclic amines) is 1. The van der Waals surface area contributed by atoms with Gasteiger partial charge in [0.1, 0.15) is 11.9 Å². The van der Waals surface area contributed by atoms with E-state index in [0.29, 0.717) is 13.1 Å². The number of hydrogen-bond donors (Lipinski definition) is 1. The molecule has 1 aliphatic heterocycles. The predicted octanol–water partition coefficient (Wildman–Crippen LogP) is 1.61. The molecule has 1 aliphatic rings. The number of amides is 2. The van der Waals surface area contributed by atoms with Gasteiger partial charge >= 0.3 is 6.03 Å². The highest BCUT2D eigenvalue weighted by molar-refractivity contribution is 5.74. The topological polar surface area (TPSA) is 72.3 Å². The normalized spacial score (nSPS) is 17.0. The van der Waals surface area contributed by atoms with E-state index in [4.69, 9.17) is 4.74 Å². The van der Waals surface area contributed by atoms with Crippen molar-refractivity contribution in [3.8, 4) is 5.75 Å². The fourth-order valence-corrected chi connectivity index (χ4v) is 2.82. The summed E-state index contributed by atoms with van der Waals surface area (Å²) in [7, 11) is 1.91. The number of aromatic nitrogens is 3. The van der Waals surface area contributed by atoms with Crippen LogP contribution in [0.5, 0.6) is 5.75 Å². The van der Waals surface area contributed by atoms with Gasteiger partial charge in [-0.15, -0.1) is 0 Å². The maximum absolute atomic E-state index is 12.2. The third-order valence-corrected chi connectivity index (χ3v) is 4.05. The molecule has 24 heavy (non-hydrogen) atoms. The second-order valence-electron chi connectivity index (χ2n) is 6.02. The molecule has 1 N–H and O–H groups in total. The number of carbonyl (C=O) groups excluding carboxylic acids is 1. The molecule has 0 aromatic carbocycles. The van der Waals surface area contributed by atoms with Crippen LogP contribution in [0.2, 0.25) is 0 Å². The van der Waals surface area contributed by atoms with Crippen molar-refractivity contribution in [1.29, 1.82) is 0 Å². The Morgan fingerprint density at radius 2 is 2.38 bits per heavy atom. The number of pyridine rings is 1. The van der Waals surface area contributed by atoms with Crippen molar-refractivity contribution >= 4 is 6.03 Å². The molecule has 2 aromatic rings. The Labute approximate surface area is 141 Å². The minimum atomic E-state index is -0.0153. The van der Waals surface area contributed by atoms with Gasteiger partial charge in [-0.2, -0.15) is 5.10 Å². The number of ether oxygens (including phenoxy) is 1. The molecular formula is C17H23N5O2. The Morgan fingerprint density at radius 1 is 1.46 bits per heavy atom. The number of nitrogens with zero attached hydrogens (tertiary/aromatic N) is 4. The lowest BCUT2D eigenvalue weighted by Gasteiger charge is -2.17. The molecule has 3 rings (SSSR count). The first-order valence-corrected chi connectivity index (χ1v) is 8.27. The summed E-state index contributed by atoms with van der Waals surface area (Å²) in [6.07, 6.45) is 9.98. The van der Waals surface area contributed by atoms with Crippen molar-refractivity contribution in [3.05, 3.63) is 42.5 Å². The lowest BCUT2D eigenvalue weighted by molar-refractivity contribution is 0.186. The van der Waals surface area contributed by atoms with Crippen LogP contribution in [0.1, 0.15) is 18.4 Å². The van der Waals surface area contributed by atoms with Gasteiger partial charge in [-0.25, -0.2) is 4.79 Å². The fraction of sp³-hybridized carbons (Fsp3) is 0.471. The Bertz CT molecular complexity index is 658. The van der Waals surface area contributed by atoms with E-state index in [1.165, 1.54) is 5.56 Å². The molecule has 0 radical (unpaired) electrons. The zero-order valence-corrected chi connectivity index (χ0v) is 13.9. The van der Waals surface area contributed by atoms with Crippen molar-refractivity contribution in [3.63, 3.8) is 0 Å². The Balaban J connectivity index is 1.35. The summed E-state index contributed by atoms with van der Waals surface area (Å²) in [5.41, 5.74) is 1.19. The summed E-state index contributed by atoms with van der Waals surface area (Å²) in [6.45, 7) is 2.00. The molecule has 2 aromatic heterocycles. The highest BCUT2D eigenvalue weighted by Crippen LogP contribution is 2.17. The average molecular weight is 329 g/mol. The van der Waals surface area contributed by atoms with Crippen LogP contribution in [-0.2, 0) is 13.5 Å². The van der Waals surface area contributed by atoms with Crippen molar-refractivity contribution in [2.24, 2.45) is 7.05 Å².